The summed E-state index contributed by atoms with van der Waals surface area (Å²) >= 11 is 1.43. The number of rotatable bonds is 3. The molecule has 3 rings (SSSR count). The summed E-state index contributed by atoms with van der Waals surface area (Å²) in [5.74, 6) is -0.135. The van der Waals surface area contributed by atoms with Gasteiger partial charge in [0.1, 0.15) is 5.82 Å². The number of carbonyl (C=O) groups excluding carboxylic acids is 1. The third-order valence-electron chi connectivity index (χ3n) is 4.31. The van der Waals surface area contributed by atoms with Crippen LogP contribution in [0.5, 0.6) is 0 Å². The minimum Gasteiger partial charge on any atom is -0.352 e. The smallest absolute Gasteiger partial charge is 0.254 e. The first-order valence-electron chi connectivity index (χ1n) is 8.51. The molecule has 1 atom stereocenters. The molecule has 0 fully saturated rings. The van der Waals surface area contributed by atoms with E-state index in [9.17, 15) is 14.0 Å². The van der Waals surface area contributed by atoms with Crippen LogP contribution in [0.1, 0.15) is 32.0 Å². The first-order chi connectivity index (χ1) is 12.2. The summed E-state index contributed by atoms with van der Waals surface area (Å²) < 4.78 is 14.5. The van der Waals surface area contributed by atoms with Crippen molar-refractivity contribution in [1.82, 2.24) is 14.9 Å². The summed E-state index contributed by atoms with van der Waals surface area (Å²) in [7, 11) is 0. The number of hydrogen-bond donors (Lipinski definition) is 1. The molecule has 1 N–H and O–H groups in total. The Morgan fingerprint density at radius 1 is 1.35 bits per heavy atom. The van der Waals surface area contributed by atoms with Crippen molar-refractivity contribution >= 4 is 17.7 Å². The molecule has 1 aromatic heterocycles. The van der Waals surface area contributed by atoms with Gasteiger partial charge in [-0.3, -0.25) is 14.2 Å². The molecule has 1 aliphatic rings. The average Bonchev–Trinajstić information content (AvgIpc) is 2.60. The molecule has 1 unspecified atom stereocenters. The zero-order valence-corrected chi connectivity index (χ0v) is 15.9. The highest BCUT2D eigenvalue weighted by molar-refractivity contribution is 7.99. The SMILES string of the molecule is CC(C)(C)c1cc(=O)n2c(n1)SCC(C(=O)NCc1ccc(F)cc1)C2. The second-order valence-electron chi connectivity index (χ2n) is 7.47. The van der Waals surface area contributed by atoms with E-state index in [0.717, 1.165) is 11.3 Å². The molecule has 2 aromatic rings. The number of nitrogens with zero attached hydrogens (tertiary/aromatic N) is 2. The number of halogens is 1. The Hall–Kier alpha value is -2.15. The maximum atomic E-state index is 12.9. The Labute approximate surface area is 156 Å². The van der Waals surface area contributed by atoms with E-state index in [1.54, 1.807) is 22.8 Å². The number of benzene rings is 1. The Bertz CT molecular complexity index is 872. The molecular weight excluding hydrogens is 353 g/mol. The molecule has 1 aliphatic heterocycles. The van der Waals surface area contributed by atoms with E-state index in [1.165, 1.54) is 23.9 Å². The number of nitrogens with one attached hydrogen (secondary N) is 1. The van der Waals surface area contributed by atoms with Gasteiger partial charge in [0.05, 0.1) is 11.6 Å². The average molecular weight is 375 g/mol. The standard InChI is InChI=1S/C19H22FN3O2S/c1-19(2,3)15-8-16(24)23-10-13(11-26-18(23)22-15)17(25)21-9-12-4-6-14(20)7-5-12/h4-8,13H,9-11H2,1-3H3,(H,21,25). The van der Waals surface area contributed by atoms with E-state index in [0.29, 0.717) is 24.0 Å². The van der Waals surface area contributed by atoms with Crippen LogP contribution < -0.4 is 10.9 Å². The number of fused-ring (bicyclic) bond motifs is 1. The molecule has 0 saturated carbocycles. The molecule has 7 heteroatoms. The summed E-state index contributed by atoms with van der Waals surface area (Å²) in [6.45, 7) is 6.72. The van der Waals surface area contributed by atoms with Crippen molar-refractivity contribution in [2.24, 2.45) is 5.92 Å². The van der Waals surface area contributed by atoms with Gasteiger partial charge in [0.25, 0.3) is 5.56 Å². The van der Waals surface area contributed by atoms with Crippen LogP contribution in [0.25, 0.3) is 0 Å². The van der Waals surface area contributed by atoms with Crippen molar-refractivity contribution in [3.63, 3.8) is 0 Å². The molecule has 0 bridgehead atoms. The molecule has 1 amide bonds. The maximum absolute atomic E-state index is 12.9. The normalized spacial score (nSPS) is 16.8. The molecule has 138 valence electrons. The van der Waals surface area contributed by atoms with E-state index < -0.39 is 0 Å². The van der Waals surface area contributed by atoms with Crippen LogP contribution in [0, 0.1) is 11.7 Å². The molecule has 0 aliphatic carbocycles. The zero-order valence-electron chi connectivity index (χ0n) is 15.1. The van der Waals surface area contributed by atoms with Crippen molar-refractivity contribution < 1.29 is 9.18 Å². The lowest BCUT2D eigenvalue weighted by Crippen LogP contribution is -2.40. The Morgan fingerprint density at radius 3 is 2.69 bits per heavy atom. The van der Waals surface area contributed by atoms with Gasteiger partial charge >= 0.3 is 0 Å². The second-order valence-corrected chi connectivity index (χ2v) is 8.46. The van der Waals surface area contributed by atoms with Crippen LogP contribution in [-0.2, 0) is 23.3 Å². The topological polar surface area (TPSA) is 64.0 Å². The Kier molecular flexibility index (Phi) is 5.18. The lowest BCUT2D eigenvalue weighted by atomic mass is 9.92. The highest BCUT2D eigenvalue weighted by Gasteiger charge is 2.28. The van der Waals surface area contributed by atoms with Gasteiger partial charge in [0, 0.05) is 30.3 Å². The van der Waals surface area contributed by atoms with Crippen LogP contribution in [0.15, 0.2) is 40.3 Å². The molecule has 0 spiro atoms. The third kappa shape index (κ3) is 4.15. The van der Waals surface area contributed by atoms with E-state index in [4.69, 9.17) is 0 Å². The van der Waals surface area contributed by atoms with Crippen LogP contribution >= 0.6 is 11.8 Å². The first kappa shape index (κ1) is 18.6. The van der Waals surface area contributed by atoms with Gasteiger partial charge < -0.3 is 5.32 Å². The predicted octanol–water partition coefficient (Wildman–Crippen LogP) is 2.72. The highest BCUT2D eigenvalue weighted by Crippen LogP contribution is 2.28. The van der Waals surface area contributed by atoms with Crippen LogP contribution in [0.4, 0.5) is 4.39 Å². The molecule has 2 heterocycles. The highest BCUT2D eigenvalue weighted by atomic mass is 32.2. The Balaban J connectivity index is 1.69. The number of carbonyl (C=O) groups is 1. The first-order valence-corrected chi connectivity index (χ1v) is 9.50. The van der Waals surface area contributed by atoms with Crippen molar-refractivity contribution in [3.05, 3.63) is 57.8 Å². The minimum absolute atomic E-state index is 0.112. The predicted molar refractivity (Wildman–Crippen MR) is 99.7 cm³/mol. The third-order valence-corrected chi connectivity index (χ3v) is 5.45. The number of amides is 1. The van der Waals surface area contributed by atoms with Gasteiger partial charge in [-0.15, -0.1) is 0 Å². The van der Waals surface area contributed by atoms with Crippen LogP contribution in [-0.4, -0.2) is 21.2 Å². The van der Waals surface area contributed by atoms with Gasteiger partial charge in [-0.05, 0) is 17.7 Å². The van der Waals surface area contributed by atoms with E-state index in [1.807, 2.05) is 20.8 Å². The summed E-state index contributed by atoms with van der Waals surface area (Å²) in [6, 6.07) is 7.58. The van der Waals surface area contributed by atoms with Gasteiger partial charge in [-0.1, -0.05) is 44.7 Å². The lowest BCUT2D eigenvalue weighted by molar-refractivity contribution is -0.125. The van der Waals surface area contributed by atoms with Crippen LogP contribution in [0.3, 0.4) is 0 Å². The van der Waals surface area contributed by atoms with E-state index in [-0.39, 0.29) is 28.6 Å². The number of thioether (sulfide) groups is 1. The minimum atomic E-state index is -0.304. The number of hydrogen-bond acceptors (Lipinski definition) is 4. The molecule has 5 nitrogen and oxygen atoms in total. The fraction of sp³-hybridized carbons (Fsp3) is 0.421. The summed E-state index contributed by atoms with van der Waals surface area (Å²) in [5.41, 5.74) is 1.28. The van der Waals surface area contributed by atoms with E-state index >= 15 is 0 Å². The molecule has 0 saturated heterocycles. The van der Waals surface area contributed by atoms with Crippen molar-refractivity contribution in [2.45, 2.75) is 44.4 Å². The largest absolute Gasteiger partial charge is 0.352 e. The van der Waals surface area contributed by atoms with Gasteiger partial charge in [-0.2, -0.15) is 0 Å². The van der Waals surface area contributed by atoms with Gasteiger partial charge in [0.2, 0.25) is 5.91 Å². The van der Waals surface area contributed by atoms with Crippen molar-refractivity contribution in [3.8, 4) is 0 Å². The van der Waals surface area contributed by atoms with Gasteiger partial charge in [0.15, 0.2) is 5.16 Å². The molecule has 26 heavy (non-hydrogen) atoms. The Morgan fingerprint density at radius 2 is 2.04 bits per heavy atom. The lowest BCUT2D eigenvalue weighted by Gasteiger charge is -2.26. The summed E-state index contributed by atoms with van der Waals surface area (Å²) in [4.78, 5) is 29.5. The van der Waals surface area contributed by atoms with Crippen molar-refractivity contribution in [2.75, 3.05) is 5.75 Å². The molecule has 0 radical (unpaired) electrons. The molecular formula is C19H22FN3O2S. The summed E-state index contributed by atoms with van der Waals surface area (Å²) in [5, 5.41) is 3.53. The second kappa shape index (κ2) is 7.23. The quantitative estimate of drug-likeness (QED) is 0.838. The van der Waals surface area contributed by atoms with E-state index in [2.05, 4.69) is 10.3 Å². The fourth-order valence-corrected chi connectivity index (χ4v) is 3.78. The molecule has 1 aromatic carbocycles. The number of aromatic nitrogens is 2. The summed E-state index contributed by atoms with van der Waals surface area (Å²) in [6.07, 6.45) is 0. The monoisotopic (exact) mass is 375 g/mol. The fourth-order valence-electron chi connectivity index (χ4n) is 2.69. The van der Waals surface area contributed by atoms with Crippen molar-refractivity contribution in [1.29, 1.82) is 0 Å². The zero-order chi connectivity index (χ0) is 18.9. The van der Waals surface area contributed by atoms with Gasteiger partial charge in [-0.25, -0.2) is 9.37 Å². The van der Waals surface area contributed by atoms with Crippen LogP contribution in [0.2, 0.25) is 0 Å². The maximum Gasteiger partial charge on any atom is 0.254 e.